The predicted molar refractivity (Wildman–Crippen MR) is 47.7 cm³/mol. The number of ether oxygens (including phenoxy) is 1. The summed E-state index contributed by atoms with van der Waals surface area (Å²) in [4.78, 5) is 0. The fourth-order valence-corrected chi connectivity index (χ4v) is 1.19. The summed E-state index contributed by atoms with van der Waals surface area (Å²) in [5, 5.41) is 0. The van der Waals surface area contributed by atoms with E-state index in [1.54, 1.807) is 7.11 Å². The number of hydrogen-bond donors (Lipinski definition) is 0. The van der Waals surface area contributed by atoms with Crippen molar-refractivity contribution in [3.8, 4) is 0 Å². The van der Waals surface area contributed by atoms with Gasteiger partial charge >= 0.3 is 8.25 Å². The summed E-state index contributed by atoms with van der Waals surface area (Å²) in [7, 11) is -0.697. The normalized spacial score (nSPS) is 13.2. The number of hydrogen-bond acceptors (Lipinski definition) is 4. The maximum absolute atomic E-state index is 10.9. The van der Waals surface area contributed by atoms with Gasteiger partial charge in [-0.25, -0.2) is 0 Å². The molecule has 12 heavy (non-hydrogen) atoms. The third kappa shape index (κ3) is 8.21. The SMILES string of the molecule is CCCCO[PH](=O)OCCOC. The summed E-state index contributed by atoms with van der Waals surface area (Å²) in [5.41, 5.74) is 0. The molecule has 0 rings (SSSR count). The van der Waals surface area contributed by atoms with Crippen LogP contribution in [0.4, 0.5) is 0 Å². The van der Waals surface area contributed by atoms with E-state index in [-0.39, 0.29) is 0 Å². The molecule has 0 saturated carbocycles. The van der Waals surface area contributed by atoms with Crippen LogP contribution < -0.4 is 0 Å². The van der Waals surface area contributed by atoms with E-state index in [1.807, 2.05) is 6.92 Å². The Morgan fingerprint density at radius 3 is 2.42 bits per heavy atom. The summed E-state index contributed by atoms with van der Waals surface area (Å²) in [5.74, 6) is 0. The highest BCUT2D eigenvalue weighted by Gasteiger charge is 1.97. The fourth-order valence-electron chi connectivity index (χ4n) is 0.550. The van der Waals surface area contributed by atoms with Crippen LogP contribution in [0.15, 0.2) is 0 Å². The lowest BCUT2D eigenvalue weighted by atomic mass is 10.4. The molecule has 0 saturated heterocycles. The minimum absolute atomic E-state index is 0.334. The van der Waals surface area contributed by atoms with Crippen LogP contribution in [-0.2, 0) is 18.3 Å². The van der Waals surface area contributed by atoms with Crippen LogP contribution in [-0.4, -0.2) is 26.9 Å². The zero-order chi connectivity index (χ0) is 9.23. The molecule has 0 aliphatic rings. The molecule has 0 radical (unpaired) electrons. The lowest BCUT2D eigenvalue weighted by molar-refractivity contribution is 0.134. The maximum Gasteiger partial charge on any atom is 0.319 e. The Hall–Kier alpha value is 0.110. The fraction of sp³-hybridized carbons (Fsp3) is 1.00. The first-order chi connectivity index (χ1) is 5.81. The van der Waals surface area contributed by atoms with Gasteiger partial charge in [-0.3, -0.25) is 4.57 Å². The second-order valence-corrected chi connectivity index (χ2v) is 3.37. The second-order valence-electron chi connectivity index (χ2n) is 2.29. The highest BCUT2D eigenvalue weighted by Crippen LogP contribution is 2.23. The molecule has 0 N–H and O–H groups in total. The van der Waals surface area contributed by atoms with Gasteiger partial charge in [0.1, 0.15) is 0 Å². The van der Waals surface area contributed by atoms with Crippen LogP contribution in [0.2, 0.25) is 0 Å². The Bertz CT molecular complexity index is 106. The van der Waals surface area contributed by atoms with Crippen LogP contribution in [0, 0.1) is 0 Å². The van der Waals surface area contributed by atoms with Gasteiger partial charge in [-0.2, -0.15) is 0 Å². The largest absolute Gasteiger partial charge is 0.382 e. The molecule has 0 bridgehead atoms. The van der Waals surface area contributed by atoms with Gasteiger partial charge in [0, 0.05) is 7.11 Å². The molecule has 0 aromatic carbocycles. The van der Waals surface area contributed by atoms with Crippen LogP contribution in [0.5, 0.6) is 0 Å². The van der Waals surface area contributed by atoms with Crippen molar-refractivity contribution in [3.05, 3.63) is 0 Å². The highest BCUT2D eigenvalue weighted by atomic mass is 31.1. The average molecular weight is 196 g/mol. The number of methoxy groups -OCH3 is 1. The summed E-state index contributed by atoms with van der Waals surface area (Å²) < 4.78 is 25.3. The minimum atomic E-state index is -2.26. The first kappa shape index (κ1) is 12.1. The molecule has 5 heteroatoms. The third-order valence-electron chi connectivity index (χ3n) is 1.23. The molecule has 0 heterocycles. The van der Waals surface area contributed by atoms with Crippen molar-refractivity contribution >= 4 is 8.25 Å². The summed E-state index contributed by atoms with van der Waals surface area (Å²) in [6.07, 6.45) is 1.96. The van der Waals surface area contributed by atoms with E-state index in [0.29, 0.717) is 19.8 Å². The monoisotopic (exact) mass is 196 g/mol. The van der Waals surface area contributed by atoms with E-state index in [1.165, 1.54) is 0 Å². The molecule has 0 fully saturated rings. The Balaban J connectivity index is 3.10. The van der Waals surface area contributed by atoms with Gasteiger partial charge in [-0.05, 0) is 6.42 Å². The van der Waals surface area contributed by atoms with Crippen molar-refractivity contribution in [2.24, 2.45) is 0 Å². The van der Waals surface area contributed by atoms with E-state index in [9.17, 15) is 4.57 Å². The summed E-state index contributed by atoms with van der Waals surface area (Å²) >= 11 is 0. The highest BCUT2D eigenvalue weighted by molar-refractivity contribution is 7.33. The van der Waals surface area contributed by atoms with E-state index >= 15 is 0 Å². The standard InChI is InChI=1S/C7H17O4P/c1-3-4-5-10-12(8)11-7-6-9-2/h12H,3-7H2,1-2H3. The lowest BCUT2D eigenvalue weighted by Gasteiger charge is -2.03. The van der Waals surface area contributed by atoms with Crippen molar-refractivity contribution in [2.45, 2.75) is 19.8 Å². The van der Waals surface area contributed by atoms with Crippen molar-refractivity contribution < 1.29 is 18.3 Å². The van der Waals surface area contributed by atoms with Gasteiger partial charge in [0.15, 0.2) is 0 Å². The lowest BCUT2D eigenvalue weighted by Crippen LogP contribution is -1.97. The zero-order valence-electron chi connectivity index (χ0n) is 7.67. The van der Waals surface area contributed by atoms with Gasteiger partial charge in [0.25, 0.3) is 0 Å². The Morgan fingerprint density at radius 1 is 1.17 bits per heavy atom. The van der Waals surface area contributed by atoms with Gasteiger partial charge < -0.3 is 13.8 Å². The summed E-state index contributed by atoms with van der Waals surface area (Å²) in [6, 6.07) is 0. The van der Waals surface area contributed by atoms with E-state index in [0.717, 1.165) is 12.8 Å². The van der Waals surface area contributed by atoms with Gasteiger partial charge in [-0.1, -0.05) is 13.3 Å². The molecule has 0 aromatic heterocycles. The first-order valence-corrected chi connectivity index (χ1v) is 5.32. The molecule has 1 unspecified atom stereocenters. The van der Waals surface area contributed by atoms with Crippen LogP contribution in [0.25, 0.3) is 0 Å². The van der Waals surface area contributed by atoms with E-state index in [2.05, 4.69) is 0 Å². The van der Waals surface area contributed by atoms with E-state index in [4.69, 9.17) is 13.8 Å². The van der Waals surface area contributed by atoms with Crippen molar-refractivity contribution in [3.63, 3.8) is 0 Å². The van der Waals surface area contributed by atoms with Crippen LogP contribution in [0.1, 0.15) is 19.8 Å². The quantitative estimate of drug-likeness (QED) is 0.439. The van der Waals surface area contributed by atoms with Crippen LogP contribution in [0.3, 0.4) is 0 Å². The Kier molecular flexibility index (Phi) is 9.28. The third-order valence-corrected chi connectivity index (χ3v) is 2.10. The van der Waals surface area contributed by atoms with Crippen molar-refractivity contribution in [2.75, 3.05) is 26.9 Å². The van der Waals surface area contributed by atoms with Gasteiger partial charge in [0.2, 0.25) is 0 Å². The molecule has 0 spiro atoms. The zero-order valence-corrected chi connectivity index (χ0v) is 8.67. The van der Waals surface area contributed by atoms with Crippen LogP contribution >= 0.6 is 8.25 Å². The molecular formula is C7H17O4P. The molecule has 0 aliphatic heterocycles. The molecule has 0 aromatic rings. The minimum Gasteiger partial charge on any atom is -0.382 e. The molecule has 0 amide bonds. The first-order valence-electron chi connectivity index (χ1n) is 4.09. The molecular weight excluding hydrogens is 179 g/mol. The molecule has 4 nitrogen and oxygen atoms in total. The maximum atomic E-state index is 10.9. The Morgan fingerprint density at radius 2 is 1.83 bits per heavy atom. The Labute approximate surface area is 74.1 Å². The van der Waals surface area contributed by atoms with Crippen molar-refractivity contribution in [1.82, 2.24) is 0 Å². The predicted octanol–water partition coefficient (Wildman–Crippen LogP) is 1.86. The number of rotatable bonds is 8. The van der Waals surface area contributed by atoms with Crippen molar-refractivity contribution in [1.29, 1.82) is 0 Å². The topological polar surface area (TPSA) is 44.8 Å². The second kappa shape index (κ2) is 9.20. The number of unbranched alkanes of at least 4 members (excludes halogenated alkanes) is 1. The molecule has 74 valence electrons. The van der Waals surface area contributed by atoms with Gasteiger partial charge in [0.05, 0.1) is 19.8 Å². The molecule has 1 atom stereocenters. The van der Waals surface area contributed by atoms with E-state index < -0.39 is 8.25 Å². The average Bonchev–Trinajstić information content (AvgIpc) is 2.06. The smallest absolute Gasteiger partial charge is 0.319 e. The van der Waals surface area contributed by atoms with Gasteiger partial charge in [-0.15, -0.1) is 0 Å². The summed E-state index contributed by atoms with van der Waals surface area (Å²) in [6.45, 7) is 3.35. The molecule has 0 aliphatic carbocycles.